The second-order valence-electron chi connectivity index (χ2n) is 8.41. The van der Waals surface area contributed by atoms with Crippen molar-refractivity contribution in [2.75, 3.05) is 39.1 Å². The molecule has 1 aliphatic heterocycles. The summed E-state index contributed by atoms with van der Waals surface area (Å²) in [4.78, 5) is 11.3. The molecule has 4 N–H and O–H groups in total. The lowest BCUT2D eigenvalue weighted by Gasteiger charge is -2.31. The summed E-state index contributed by atoms with van der Waals surface area (Å²) in [6.07, 6.45) is 2.57. The molecule has 9 nitrogen and oxygen atoms in total. The number of H-pyrrole nitrogens is 1. The highest BCUT2D eigenvalue weighted by Crippen LogP contribution is 2.28. The number of unbranched alkanes of at least 4 members (excludes halogenated alkanes) is 1. The van der Waals surface area contributed by atoms with E-state index in [1.165, 1.54) is 5.56 Å². The summed E-state index contributed by atoms with van der Waals surface area (Å²) in [7, 11) is 1.71. The summed E-state index contributed by atoms with van der Waals surface area (Å²) < 4.78 is 11.4. The molecule has 0 spiro atoms. The Labute approximate surface area is 188 Å². The second-order valence-corrected chi connectivity index (χ2v) is 8.41. The van der Waals surface area contributed by atoms with Gasteiger partial charge in [0.25, 0.3) is 0 Å². The zero-order valence-electron chi connectivity index (χ0n) is 19.1. The summed E-state index contributed by atoms with van der Waals surface area (Å²) in [5.74, 6) is 1.17. The van der Waals surface area contributed by atoms with Crippen molar-refractivity contribution in [1.82, 2.24) is 30.4 Å². The monoisotopic (exact) mass is 439 g/mol. The molecule has 1 atom stereocenters. The lowest BCUT2D eigenvalue weighted by Crippen LogP contribution is -2.48. The van der Waals surface area contributed by atoms with Gasteiger partial charge in [-0.15, -0.1) is 0 Å². The summed E-state index contributed by atoms with van der Waals surface area (Å²) in [5.41, 5.74) is 10.5. The second kappa shape index (κ2) is 10.1. The van der Waals surface area contributed by atoms with E-state index in [0.717, 1.165) is 56.0 Å². The molecule has 0 radical (unpaired) electrons. The number of ether oxygens (including phenoxy) is 2. The fourth-order valence-electron chi connectivity index (χ4n) is 4.08. The Kier molecular flexibility index (Phi) is 7.06. The lowest BCUT2D eigenvalue weighted by atomic mass is 10.0. The molecule has 0 bridgehead atoms. The lowest BCUT2D eigenvalue weighted by molar-refractivity contribution is 0.199. The molecule has 0 unspecified atom stereocenters. The number of nitrogens with two attached hydrogens (primary N) is 1. The van der Waals surface area contributed by atoms with E-state index in [0.29, 0.717) is 41.9 Å². The number of hydrogen-bond acceptors (Lipinski definition) is 8. The van der Waals surface area contributed by atoms with Crippen molar-refractivity contribution >= 4 is 16.9 Å². The summed E-state index contributed by atoms with van der Waals surface area (Å²) >= 11 is 0. The maximum absolute atomic E-state index is 6.10. The molecule has 172 valence electrons. The Hall–Kier alpha value is -2.91. The minimum absolute atomic E-state index is 0.290. The van der Waals surface area contributed by atoms with Crippen LogP contribution in [0.5, 0.6) is 11.8 Å². The first kappa shape index (κ1) is 22.3. The van der Waals surface area contributed by atoms with Crippen LogP contribution in [0.2, 0.25) is 0 Å². The summed E-state index contributed by atoms with van der Waals surface area (Å²) in [6, 6.07) is 7.23. The van der Waals surface area contributed by atoms with Crippen LogP contribution >= 0.6 is 0 Å². The van der Waals surface area contributed by atoms with E-state index in [1.54, 1.807) is 7.11 Å². The number of aromatic amines is 1. The van der Waals surface area contributed by atoms with Gasteiger partial charge in [0.15, 0.2) is 11.3 Å². The average Bonchev–Trinajstić information content (AvgIpc) is 3.18. The number of nitrogen functional groups attached to an aromatic ring is 1. The third-order valence-corrected chi connectivity index (χ3v) is 5.79. The van der Waals surface area contributed by atoms with Gasteiger partial charge in [-0.3, -0.25) is 10.00 Å². The predicted molar refractivity (Wildman–Crippen MR) is 125 cm³/mol. The Bertz CT molecular complexity index is 1050. The van der Waals surface area contributed by atoms with Crippen LogP contribution < -0.4 is 20.5 Å². The van der Waals surface area contributed by atoms with Gasteiger partial charge in [0.1, 0.15) is 11.3 Å². The molecule has 32 heavy (non-hydrogen) atoms. The first-order valence-corrected chi connectivity index (χ1v) is 11.3. The van der Waals surface area contributed by atoms with Crippen molar-refractivity contribution in [3.05, 3.63) is 35.0 Å². The van der Waals surface area contributed by atoms with Crippen LogP contribution in [0.25, 0.3) is 11.0 Å². The Morgan fingerprint density at radius 1 is 1.25 bits per heavy atom. The van der Waals surface area contributed by atoms with E-state index in [-0.39, 0.29) is 0 Å². The van der Waals surface area contributed by atoms with Gasteiger partial charge >= 0.3 is 6.01 Å². The first-order chi connectivity index (χ1) is 15.6. The molecular formula is C23H33N7O2. The standard InChI is InChI=1S/C23H33N7O2/c1-4-5-10-32-23-26-20-18(28-29-21(20)22(24)27-23)12-17-7-6-16(11-19(17)31-3)14-30-9-8-25-15(2)13-30/h6-7,11,15,25H,4-5,8-10,12-14H2,1-3H3,(H,28,29)(H2,24,26,27)/t15-/m0/s1. The molecule has 1 fully saturated rings. The molecule has 1 aliphatic rings. The maximum atomic E-state index is 6.10. The van der Waals surface area contributed by atoms with Crippen molar-refractivity contribution in [1.29, 1.82) is 0 Å². The molecule has 3 heterocycles. The smallest absolute Gasteiger partial charge is 0.319 e. The number of methoxy groups -OCH3 is 1. The Morgan fingerprint density at radius 2 is 2.12 bits per heavy atom. The molecule has 0 saturated carbocycles. The zero-order chi connectivity index (χ0) is 22.5. The van der Waals surface area contributed by atoms with Gasteiger partial charge in [0.05, 0.1) is 19.4 Å². The van der Waals surface area contributed by atoms with Crippen LogP contribution in [0.3, 0.4) is 0 Å². The van der Waals surface area contributed by atoms with E-state index in [2.05, 4.69) is 62.4 Å². The van der Waals surface area contributed by atoms with Crippen molar-refractivity contribution < 1.29 is 9.47 Å². The molecule has 9 heteroatoms. The number of rotatable bonds is 9. The number of fused-ring (bicyclic) bond motifs is 1. The van der Waals surface area contributed by atoms with Crippen molar-refractivity contribution in [2.45, 2.75) is 45.7 Å². The molecule has 2 aromatic heterocycles. The largest absolute Gasteiger partial charge is 0.496 e. The Balaban J connectivity index is 1.54. The van der Waals surface area contributed by atoms with Gasteiger partial charge in [0, 0.05) is 44.2 Å². The topological polar surface area (TPSA) is 114 Å². The van der Waals surface area contributed by atoms with Crippen LogP contribution in [0, 0.1) is 0 Å². The number of nitrogens with one attached hydrogen (secondary N) is 2. The Morgan fingerprint density at radius 3 is 2.91 bits per heavy atom. The molecule has 0 aliphatic carbocycles. The highest BCUT2D eigenvalue weighted by Gasteiger charge is 2.18. The van der Waals surface area contributed by atoms with Crippen LogP contribution in [0.4, 0.5) is 5.82 Å². The number of benzene rings is 1. The summed E-state index contributed by atoms with van der Waals surface area (Å²) in [6.45, 7) is 8.94. The van der Waals surface area contributed by atoms with Gasteiger partial charge < -0.3 is 20.5 Å². The average molecular weight is 440 g/mol. The van der Waals surface area contributed by atoms with Gasteiger partial charge in [-0.05, 0) is 25.0 Å². The number of hydrogen-bond donors (Lipinski definition) is 3. The number of anilines is 1. The summed E-state index contributed by atoms with van der Waals surface area (Å²) in [5, 5.41) is 10.9. The van der Waals surface area contributed by atoms with Crippen LogP contribution in [-0.4, -0.2) is 64.5 Å². The minimum atomic E-state index is 0.290. The third-order valence-electron chi connectivity index (χ3n) is 5.79. The van der Waals surface area contributed by atoms with Crippen molar-refractivity contribution in [2.24, 2.45) is 0 Å². The quantitative estimate of drug-likeness (QED) is 0.436. The van der Waals surface area contributed by atoms with E-state index in [1.807, 2.05) is 0 Å². The SMILES string of the molecule is CCCCOc1nc(N)c2n[nH]c(Cc3ccc(CN4CCN[C@@H](C)C4)cc3OC)c2n1. The normalized spacial score (nSPS) is 17.0. The molecule has 3 aromatic rings. The molecule has 1 aromatic carbocycles. The fraction of sp³-hybridized carbons (Fsp3) is 0.522. The highest BCUT2D eigenvalue weighted by atomic mass is 16.5. The molecule has 4 rings (SSSR count). The molecule has 0 amide bonds. The highest BCUT2D eigenvalue weighted by molar-refractivity contribution is 5.86. The van der Waals surface area contributed by atoms with E-state index in [9.17, 15) is 0 Å². The number of aromatic nitrogens is 4. The van der Waals surface area contributed by atoms with Gasteiger partial charge in [-0.2, -0.15) is 15.1 Å². The van der Waals surface area contributed by atoms with Crippen molar-refractivity contribution in [3.63, 3.8) is 0 Å². The van der Waals surface area contributed by atoms with Crippen LogP contribution in [0.15, 0.2) is 18.2 Å². The third kappa shape index (κ3) is 5.11. The van der Waals surface area contributed by atoms with Crippen LogP contribution in [0.1, 0.15) is 43.5 Å². The van der Waals surface area contributed by atoms with E-state index in [4.69, 9.17) is 15.2 Å². The first-order valence-electron chi connectivity index (χ1n) is 11.3. The molecular weight excluding hydrogens is 406 g/mol. The van der Waals surface area contributed by atoms with E-state index >= 15 is 0 Å². The minimum Gasteiger partial charge on any atom is -0.496 e. The van der Waals surface area contributed by atoms with Crippen LogP contribution in [-0.2, 0) is 13.0 Å². The van der Waals surface area contributed by atoms with Gasteiger partial charge in [-0.25, -0.2) is 0 Å². The van der Waals surface area contributed by atoms with Gasteiger partial charge in [-0.1, -0.05) is 25.5 Å². The number of nitrogens with zero attached hydrogens (tertiary/aromatic N) is 4. The molecule has 1 saturated heterocycles. The van der Waals surface area contributed by atoms with E-state index < -0.39 is 0 Å². The van der Waals surface area contributed by atoms with Gasteiger partial charge in [0.2, 0.25) is 0 Å². The van der Waals surface area contributed by atoms with Crippen molar-refractivity contribution in [3.8, 4) is 11.8 Å². The zero-order valence-corrected chi connectivity index (χ0v) is 19.1. The fourth-order valence-corrected chi connectivity index (χ4v) is 4.08. The number of piperazine rings is 1. The maximum Gasteiger partial charge on any atom is 0.319 e. The predicted octanol–water partition coefficient (Wildman–Crippen LogP) is 2.51.